The van der Waals surface area contributed by atoms with Gasteiger partial charge in [-0.15, -0.1) is 0 Å². The number of para-hydroxylation sites is 1. The average Bonchev–Trinajstić information content (AvgIpc) is 2.78. The summed E-state index contributed by atoms with van der Waals surface area (Å²) in [6.07, 6.45) is 15.7. The van der Waals surface area contributed by atoms with Crippen LogP contribution in [0.4, 0.5) is 0 Å². The number of ether oxygens (including phenoxy) is 3. The molecule has 5 nitrogen and oxygen atoms in total. The van der Waals surface area contributed by atoms with Gasteiger partial charge in [-0.25, -0.2) is 4.79 Å². The molecule has 0 saturated carbocycles. The van der Waals surface area contributed by atoms with Crippen molar-refractivity contribution in [3.8, 4) is 17.2 Å². The molecule has 0 fully saturated rings. The van der Waals surface area contributed by atoms with Crippen molar-refractivity contribution in [2.45, 2.75) is 78.1 Å². The van der Waals surface area contributed by atoms with E-state index in [0.717, 1.165) is 25.7 Å². The highest BCUT2D eigenvalue weighted by molar-refractivity contribution is 5.89. The third-order valence-electron chi connectivity index (χ3n) is 5.20. The summed E-state index contributed by atoms with van der Waals surface area (Å²) in [5, 5.41) is 0.676. The van der Waals surface area contributed by atoms with E-state index in [0.29, 0.717) is 35.7 Å². The molecule has 0 aliphatic heterocycles. The van der Waals surface area contributed by atoms with Crippen LogP contribution in [0.5, 0.6) is 17.2 Å². The molecule has 0 unspecified atom stereocenters. The van der Waals surface area contributed by atoms with Crippen LogP contribution in [0.3, 0.4) is 0 Å². The molecule has 0 bridgehead atoms. The van der Waals surface area contributed by atoms with Crippen LogP contribution in [0.15, 0.2) is 39.6 Å². The van der Waals surface area contributed by atoms with E-state index in [2.05, 4.69) is 19.9 Å². The van der Waals surface area contributed by atoms with Crippen molar-refractivity contribution in [3.05, 3.63) is 40.8 Å². The van der Waals surface area contributed by atoms with Gasteiger partial charge in [-0.2, -0.15) is 0 Å². The Morgan fingerprint density at radius 1 is 0.871 bits per heavy atom. The molecule has 172 valence electrons. The number of rotatable bonds is 16. The van der Waals surface area contributed by atoms with E-state index in [-0.39, 0.29) is 5.75 Å². The first-order chi connectivity index (χ1) is 15.2. The highest BCUT2D eigenvalue weighted by Crippen LogP contribution is 2.36. The summed E-state index contributed by atoms with van der Waals surface area (Å²) in [4.78, 5) is 12.6. The van der Waals surface area contributed by atoms with Crippen molar-refractivity contribution in [2.24, 2.45) is 0 Å². The molecule has 0 radical (unpaired) electrons. The third-order valence-corrected chi connectivity index (χ3v) is 5.20. The fraction of sp³-hybridized carbons (Fsp3) is 0.577. The SMILES string of the molecule is CCC=CCCOc1c(OC)c2cccc(OCCCCCCCCCC)c2oc1=O. The van der Waals surface area contributed by atoms with Crippen LogP contribution in [-0.2, 0) is 0 Å². The fourth-order valence-electron chi connectivity index (χ4n) is 3.53. The maximum Gasteiger partial charge on any atom is 0.383 e. The first-order valence-corrected chi connectivity index (χ1v) is 11.8. The van der Waals surface area contributed by atoms with Gasteiger partial charge in [-0.1, -0.05) is 77.0 Å². The second-order valence-electron chi connectivity index (χ2n) is 7.72. The van der Waals surface area contributed by atoms with Crippen molar-refractivity contribution in [1.29, 1.82) is 0 Å². The summed E-state index contributed by atoms with van der Waals surface area (Å²) in [6, 6.07) is 5.55. The van der Waals surface area contributed by atoms with E-state index < -0.39 is 5.63 Å². The lowest BCUT2D eigenvalue weighted by molar-refractivity contribution is 0.281. The lowest BCUT2D eigenvalue weighted by atomic mass is 10.1. The van der Waals surface area contributed by atoms with Crippen LogP contribution < -0.4 is 19.8 Å². The smallest absolute Gasteiger partial charge is 0.383 e. The van der Waals surface area contributed by atoms with Gasteiger partial charge in [0.25, 0.3) is 0 Å². The van der Waals surface area contributed by atoms with E-state index in [1.54, 1.807) is 0 Å². The van der Waals surface area contributed by atoms with Crippen LogP contribution in [0.25, 0.3) is 11.0 Å². The van der Waals surface area contributed by atoms with Gasteiger partial charge in [-0.3, -0.25) is 0 Å². The molecule has 0 spiro atoms. The van der Waals surface area contributed by atoms with E-state index in [4.69, 9.17) is 18.6 Å². The van der Waals surface area contributed by atoms with Crippen LogP contribution in [0.1, 0.15) is 78.1 Å². The van der Waals surface area contributed by atoms with Gasteiger partial charge in [0.1, 0.15) is 0 Å². The van der Waals surface area contributed by atoms with Crippen molar-refractivity contribution in [2.75, 3.05) is 20.3 Å². The van der Waals surface area contributed by atoms with Gasteiger partial charge in [0, 0.05) is 0 Å². The molecule has 1 heterocycles. The van der Waals surface area contributed by atoms with E-state index in [9.17, 15) is 4.79 Å². The average molecular weight is 431 g/mol. The summed E-state index contributed by atoms with van der Waals surface area (Å²) in [5.74, 6) is 1.07. The second-order valence-corrected chi connectivity index (χ2v) is 7.72. The largest absolute Gasteiger partial charge is 0.492 e. The van der Waals surface area contributed by atoms with Gasteiger partial charge in [0.05, 0.1) is 25.7 Å². The summed E-state index contributed by atoms with van der Waals surface area (Å²) < 4.78 is 22.7. The molecule has 5 heteroatoms. The van der Waals surface area contributed by atoms with Crippen molar-refractivity contribution in [1.82, 2.24) is 0 Å². The monoisotopic (exact) mass is 430 g/mol. The zero-order chi connectivity index (χ0) is 22.3. The minimum Gasteiger partial charge on any atom is -0.492 e. The summed E-state index contributed by atoms with van der Waals surface area (Å²) >= 11 is 0. The number of methoxy groups -OCH3 is 1. The Hall–Kier alpha value is -2.43. The highest BCUT2D eigenvalue weighted by atomic mass is 16.5. The summed E-state index contributed by atoms with van der Waals surface area (Å²) in [6.45, 7) is 5.30. The molecule has 0 N–H and O–H groups in total. The lowest BCUT2D eigenvalue weighted by Gasteiger charge is -2.13. The minimum absolute atomic E-state index is 0.111. The quantitative estimate of drug-likeness (QED) is 0.162. The number of benzene rings is 1. The first-order valence-electron chi connectivity index (χ1n) is 11.8. The molecule has 0 saturated heterocycles. The molecule has 0 atom stereocenters. The molecule has 31 heavy (non-hydrogen) atoms. The van der Waals surface area contributed by atoms with Gasteiger partial charge in [-0.05, 0) is 31.4 Å². The standard InChI is InChI=1S/C26H38O5/c1-4-6-8-10-11-12-13-15-19-29-22-18-16-17-21-23(22)31-26(27)25(24(21)28-3)30-20-14-9-7-5-2/h7,9,16-18H,4-6,8,10-15,19-20H2,1-3H3. The first kappa shape index (κ1) is 24.8. The normalized spacial score (nSPS) is 11.3. The Balaban J connectivity index is 1.98. The van der Waals surface area contributed by atoms with Crippen LogP contribution >= 0.6 is 0 Å². The van der Waals surface area contributed by atoms with Gasteiger partial charge in [0.2, 0.25) is 5.75 Å². The third kappa shape index (κ3) is 7.97. The van der Waals surface area contributed by atoms with Gasteiger partial charge >= 0.3 is 5.63 Å². The Morgan fingerprint density at radius 2 is 1.61 bits per heavy atom. The Kier molecular flexibility index (Phi) is 11.7. The number of unbranched alkanes of at least 4 members (excludes halogenated alkanes) is 7. The van der Waals surface area contributed by atoms with Crippen molar-refractivity contribution in [3.63, 3.8) is 0 Å². The predicted octanol–water partition coefficient (Wildman–Crippen LogP) is 7.06. The lowest BCUT2D eigenvalue weighted by Crippen LogP contribution is -2.10. The van der Waals surface area contributed by atoms with Crippen molar-refractivity contribution < 1.29 is 18.6 Å². The van der Waals surface area contributed by atoms with Crippen LogP contribution in [-0.4, -0.2) is 20.3 Å². The maximum absolute atomic E-state index is 12.6. The topological polar surface area (TPSA) is 57.9 Å². The molecule has 0 aliphatic rings. The minimum atomic E-state index is -0.549. The summed E-state index contributed by atoms with van der Waals surface area (Å²) in [7, 11) is 1.53. The number of hydrogen-bond donors (Lipinski definition) is 0. The maximum atomic E-state index is 12.6. The molecule has 1 aromatic carbocycles. The second kappa shape index (κ2) is 14.6. The number of hydrogen-bond acceptors (Lipinski definition) is 5. The number of fused-ring (bicyclic) bond motifs is 1. The van der Waals surface area contributed by atoms with Crippen LogP contribution in [0, 0.1) is 0 Å². The van der Waals surface area contributed by atoms with Crippen molar-refractivity contribution >= 4 is 11.0 Å². The van der Waals surface area contributed by atoms with Gasteiger partial charge < -0.3 is 18.6 Å². The summed E-state index contributed by atoms with van der Waals surface area (Å²) in [5.41, 5.74) is -0.144. The molecular weight excluding hydrogens is 392 g/mol. The van der Waals surface area contributed by atoms with Crippen LogP contribution in [0.2, 0.25) is 0 Å². The zero-order valence-electron chi connectivity index (χ0n) is 19.4. The zero-order valence-corrected chi connectivity index (χ0v) is 19.4. The van der Waals surface area contributed by atoms with Gasteiger partial charge in [0.15, 0.2) is 17.1 Å². The molecule has 1 aromatic heterocycles. The molecular formula is C26H38O5. The molecule has 0 aliphatic carbocycles. The Morgan fingerprint density at radius 3 is 2.32 bits per heavy atom. The molecule has 0 amide bonds. The molecule has 2 aromatic rings. The Labute approximate surface area is 186 Å². The Bertz CT molecular complexity index is 853. The highest BCUT2D eigenvalue weighted by Gasteiger charge is 2.19. The van der Waals surface area contributed by atoms with E-state index in [1.165, 1.54) is 45.6 Å². The van der Waals surface area contributed by atoms with E-state index in [1.807, 2.05) is 24.3 Å². The molecule has 2 rings (SSSR count). The fourth-order valence-corrected chi connectivity index (χ4v) is 3.53. The number of allylic oxidation sites excluding steroid dienone is 1. The van der Waals surface area contributed by atoms with E-state index >= 15 is 0 Å². The predicted molar refractivity (Wildman–Crippen MR) is 127 cm³/mol.